The molecule has 0 aromatic carbocycles. The fourth-order valence-electron chi connectivity index (χ4n) is 0. The predicted molar refractivity (Wildman–Crippen MR) is 26.3 cm³/mol. The van der Waals surface area contributed by atoms with Crippen molar-refractivity contribution in [3.63, 3.8) is 0 Å². The maximum atomic E-state index is 0. The van der Waals surface area contributed by atoms with Gasteiger partial charge >= 0.3 is 37.7 Å². The quantitative estimate of drug-likeness (QED) is 0.164. The van der Waals surface area contributed by atoms with E-state index in [1.165, 1.54) is 0 Å². The molecule has 0 saturated heterocycles. The molecule has 0 spiro atoms. The summed E-state index contributed by atoms with van der Waals surface area (Å²) in [5, 5.41) is 0. The van der Waals surface area contributed by atoms with Crippen LogP contribution in [0.2, 0.25) is 0 Å². The van der Waals surface area contributed by atoms with Gasteiger partial charge in [0.2, 0.25) is 0 Å². The molecule has 0 atom stereocenters. The van der Waals surface area contributed by atoms with Crippen LogP contribution in [0.15, 0.2) is 0 Å². The minimum atomic E-state index is 0. The zero-order valence-electron chi connectivity index (χ0n) is 1.95. The van der Waals surface area contributed by atoms with Gasteiger partial charge in [0.1, 0.15) is 0 Å². The first-order valence-corrected chi connectivity index (χ1v) is 0. The van der Waals surface area contributed by atoms with E-state index in [4.69, 9.17) is 0 Å². The Balaban J connectivity index is 0. The van der Waals surface area contributed by atoms with Gasteiger partial charge in [-0.15, -0.1) is 0 Å². The molecule has 0 fully saturated rings. The molecule has 0 heterocycles. The zero-order chi connectivity index (χ0) is 0. The van der Waals surface area contributed by atoms with Crippen molar-refractivity contribution in [2.24, 2.45) is 0 Å². The van der Waals surface area contributed by atoms with Crippen LogP contribution in [0.1, 0.15) is 0 Å². The Bertz CT molecular complexity index is 4.00. The molecule has 0 aliphatic rings. The van der Waals surface area contributed by atoms with Gasteiger partial charge in [0.05, 0.1) is 0 Å². The summed E-state index contributed by atoms with van der Waals surface area (Å²) >= 11 is 0. The van der Waals surface area contributed by atoms with Crippen LogP contribution in [-0.2, 0) is 13.5 Å². The molecule has 0 unspecified atom stereocenters. The van der Waals surface area contributed by atoms with Crippen LogP contribution in [0.5, 0.6) is 0 Å². The van der Waals surface area contributed by atoms with Gasteiger partial charge in [-0.2, -0.15) is 13.5 Å². The minimum Gasteiger partial charge on any atom is -0.813 e. The van der Waals surface area contributed by atoms with Gasteiger partial charge in [-0.3, -0.25) is 0 Å². The molecule has 0 amide bonds. The summed E-state index contributed by atoms with van der Waals surface area (Å²) in [4.78, 5) is 0. The van der Waals surface area contributed by atoms with Crippen LogP contribution in [0.4, 0.5) is 0 Å². The van der Waals surface area contributed by atoms with Crippen molar-refractivity contribution in [2.75, 3.05) is 0 Å². The Labute approximate surface area is 64.3 Å². The summed E-state index contributed by atoms with van der Waals surface area (Å²) in [5.74, 6) is 0. The molecule has 4 heteroatoms. The second kappa shape index (κ2) is 20.7. The molecular weight excluding hydrogens is 78.0 g/mol. The Kier molecular flexibility index (Phi) is 203. The molecule has 0 aromatic heterocycles. The fraction of sp³-hybridized carbons (Fsp3) is 0. The first-order valence-electron chi connectivity index (χ1n) is 0. The molecule has 0 nitrogen and oxygen atoms in total. The predicted octanol–water partition coefficient (Wildman–Crippen LogP) is -3.80. The summed E-state index contributed by atoms with van der Waals surface area (Å²) in [7, 11) is 0. The molecule has 4 heavy (non-hydrogen) atoms. The maximum absolute atomic E-state index is 0. The van der Waals surface area contributed by atoms with E-state index in [-0.39, 0.29) is 64.7 Å². The molecule has 0 rings (SSSR count). The summed E-state index contributed by atoms with van der Waals surface area (Å²) in [6, 6.07) is 0. The third-order valence-corrected chi connectivity index (χ3v) is 0. The molecule has 0 aromatic rings. The smallest absolute Gasteiger partial charge is 0.813 e. The number of thiol groups is 1. The molecule has 0 bridgehead atoms. The molecule has 0 saturated carbocycles. The van der Waals surface area contributed by atoms with Gasteiger partial charge < -0.3 is 13.5 Å². The van der Waals surface area contributed by atoms with Crippen LogP contribution >= 0.6 is 13.5 Å². The number of rotatable bonds is 0. The van der Waals surface area contributed by atoms with Gasteiger partial charge in [0, 0.05) is 0 Å². The van der Waals surface area contributed by atoms with Gasteiger partial charge in [-0.25, -0.2) is 0 Å². The van der Waals surface area contributed by atoms with Crippen LogP contribution in [0.25, 0.3) is 0 Å². The molecule has 0 aliphatic heterocycles. The van der Waals surface area contributed by atoms with Gasteiger partial charge in [0.25, 0.3) is 0 Å². The third-order valence-electron chi connectivity index (χ3n) is 0. The summed E-state index contributed by atoms with van der Waals surface area (Å²) in [6.45, 7) is 0. The monoisotopic (exact) mass is 82.0 g/mol. The normalized spacial score (nSPS) is 0. The zero-order valence-corrected chi connectivity index (χ0v) is 3.84. The van der Waals surface area contributed by atoms with Crippen molar-refractivity contribution in [1.29, 1.82) is 0 Å². The Morgan fingerprint density at radius 3 is 1.00 bits per heavy atom. The van der Waals surface area contributed by atoms with E-state index in [2.05, 4.69) is 0 Å². The van der Waals surface area contributed by atoms with E-state index in [1.807, 2.05) is 0 Å². The first kappa shape index (κ1) is 39.3. The summed E-state index contributed by atoms with van der Waals surface area (Å²) < 4.78 is 0. The molecular formula is H4Li2S2. The third kappa shape index (κ3) is 9.09. The maximum Gasteiger partial charge on any atom is -0.813 e. The summed E-state index contributed by atoms with van der Waals surface area (Å²) in [5.41, 5.74) is 0. The van der Waals surface area contributed by atoms with E-state index < -0.39 is 0 Å². The number of hydrogen-bond acceptors (Lipinski definition) is 1. The van der Waals surface area contributed by atoms with Crippen LogP contribution < -0.4 is 18.9 Å². The second-order valence-electron chi connectivity index (χ2n) is 0. The van der Waals surface area contributed by atoms with Crippen LogP contribution in [-0.4, -0.2) is 18.9 Å². The minimum absolute atomic E-state index is 0. The largest absolute Gasteiger partial charge is 0.813 e. The SMILES string of the molecule is S.[Li+].[LiH].[SH-]. The molecule has 18 valence electrons. The first-order chi connectivity index (χ1) is 0. The standard InChI is InChI=1S/2Li.2H2S.H/h;;2*1H2;/q;+1;;;/p-1. The van der Waals surface area contributed by atoms with Crippen LogP contribution in [0.3, 0.4) is 0 Å². The number of hydrogen-bond donors (Lipinski definition) is 0. The Morgan fingerprint density at radius 1 is 1.00 bits per heavy atom. The van der Waals surface area contributed by atoms with Crippen LogP contribution in [0, 0.1) is 0 Å². The molecule has 0 radical (unpaired) electrons. The van der Waals surface area contributed by atoms with Crippen molar-refractivity contribution in [3.8, 4) is 0 Å². The average Bonchev–Trinajstić information content (AvgIpc) is 0. The van der Waals surface area contributed by atoms with Crippen molar-refractivity contribution in [3.05, 3.63) is 0 Å². The van der Waals surface area contributed by atoms with E-state index in [0.29, 0.717) is 0 Å². The van der Waals surface area contributed by atoms with E-state index >= 15 is 0 Å². The topological polar surface area (TPSA) is 0 Å². The van der Waals surface area contributed by atoms with Gasteiger partial charge in [0.15, 0.2) is 0 Å². The Morgan fingerprint density at radius 2 is 1.00 bits per heavy atom. The van der Waals surface area contributed by atoms with Crippen molar-refractivity contribution >= 4 is 45.9 Å². The fourth-order valence-corrected chi connectivity index (χ4v) is 0. The van der Waals surface area contributed by atoms with Gasteiger partial charge in [-0.05, 0) is 0 Å². The average molecular weight is 82.0 g/mol. The van der Waals surface area contributed by atoms with E-state index in [9.17, 15) is 0 Å². The molecule has 0 aliphatic carbocycles. The molecule has 0 N–H and O–H groups in total. The van der Waals surface area contributed by atoms with Crippen molar-refractivity contribution in [2.45, 2.75) is 0 Å². The van der Waals surface area contributed by atoms with E-state index in [1.54, 1.807) is 0 Å². The second-order valence-corrected chi connectivity index (χ2v) is 0. The van der Waals surface area contributed by atoms with Crippen molar-refractivity contribution in [1.82, 2.24) is 0 Å². The summed E-state index contributed by atoms with van der Waals surface area (Å²) in [6.07, 6.45) is 0. The van der Waals surface area contributed by atoms with Crippen molar-refractivity contribution < 1.29 is 18.9 Å². The Hall–Kier alpha value is 1.89. The van der Waals surface area contributed by atoms with Gasteiger partial charge in [-0.1, -0.05) is 0 Å². The van der Waals surface area contributed by atoms with E-state index in [0.717, 1.165) is 0 Å².